The van der Waals surface area contributed by atoms with Gasteiger partial charge in [-0.05, 0) is 25.2 Å². The molecule has 0 radical (unpaired) electrons. The molecule has 0 N–H and O–H groups in total. The maximum Gasteiger partial charge on any atom is 0.149 e. The molecule has 0 amide bonds. The van der Waals surface area contributed by atoms with Gasteiger partial charge in [-0.2, -0.15) is 11.8 Å². The first-order chi connectivity index (χ1) is 9.51. The third-order valence-corrected chi connectivity index (χ3v) is 5.66. The molecule has 0 bridgehead atoms. The Morgan fingerprint density at radius 2 is 2.00 bits per heavy atom. The van der Waals surface area contributed by atoms with Crippen LogP contribution in [0, 0.1) is 11.3 Å². The van der Waals surface area contributed by atoms with E-state index in [0.29, 0.717) is 36.8 Å². The zero-order valence-electron chi connectivity index (χ0n) is 12.5. The Kier molecular flexibility index (Phi) is 4.89. The summed E-state index contributed by atoms with van der Waals surface area (Å²) in [5.41, 5.74) is 0.509. The summed E-state index contributed by atoms with van der Waals surface area (Å²) in [7, 11) is 0. The predicted molar refractivity (Wildman–Crippen MR) is 81.1 cm³/mol. The number of hydrogen-bond donors (Lipinski definition) is 0. The Morgan fingerprint density at radius 1 is 1.35 bits per heavy atom. The standard InChI is InChI=1S/C15H23NO3S/c1-4-11(16-19-5-2)14-12(17)7-15(8-13(14)18)6-10(3)20-9-15/h10,14H,4-9H2,1-3H3. The summed E-state index contributed by atoms with van der Waals surface area (Å²) in [6, 6.07) is 0. The van der Waals surface area contributed by atoms with Crippen LogP contribution in [0.2, 0.25) is 0 Å². The molecule has 1 atom stereocenters. The second kappa shape index (κ2) is 6.29. The molecule has 2 aliphatic rings. The smallest absolute Gasteiger partial charge is 0.149 e. The average Bonchev–Trinajstić information content (AvgIpc) is 2.73. The molecule has 1 unspecified atom stereocenters. The molecule has 20 heavy (non-hydrogen) atoms. The fraction of sp³-hybridized carbons (Fsp3) is 0.800. The highest BCUT2D eigenvalue weighted by Crippen LogP contribution is 2.49. The second-order valence-electron chi connectivity index (χ2n) is 5.90. The Labute approximate surface area is 124 Å². The third kappa shape index (κ3) is 3.08. The van der Waals surface area contributed by atoms with Gasteiger partial charge in [-0.15, -0.1) is 0 Å². The lowest BCUT2D eigenvalue weighted by Gasteiger charge is -2.34. The van der Waals surface area contributed by atoms with Gasteiger partial charge < -0.3 is 4.84 Å². The van der Waals surface area contributed by atoms with Gasteiger partial charge in [0, 0.05) is 23.8 Å². The maximum absolute atomic E-state index is 12.5. The molecular formula is C15H23NO3S. The molecule has 1 saturated heterocycles. The van der Waals surface area contributed by atoms with Crippen LogP contribution in [0.15, 0.2) is 5.16 Å². The summed E-state index contributed by atoms with van der Waals surface area (Å²) < 4.78 is 0. The Balaban J connectivity index is 2.15. The summed E-state index contributed by atoms with van der Waals surface area (Å²) in [5.74, 6) is 0.355. The molecule has 2 fully saturated rings. The van der Waals surface area contributed by atoms with Crippen molar-refractivity contribution in [1.82, 2.24) is 0 Å². The Morgan fingerprint density at radius 3 is 2.45 bits per heavy atom. The molecule has 1 saturated carbocycles. The van der Waals surface area contributed by atoms with Gasteiger partial charge in [0.25, 0.3) is 0 Å². The van der Waals surface area contributed by atoms with Gasteiger partial charge in [0.2, 0.25) is 0 Å². The lowest BCUT2D eigenvalue weighted by molar-refractivity contribution is -0.136. The fourth-order valence-electron chi connectivity index (χ4n) is 3.32. The van der Waals surface area contributed by atoms with Crippen LogP contribution in [-0.4, -0.2) is 34.9 Å². The Hall–Kier alpha value is -0.840. The first-order valence-corrected chi connectivity index (χ1v) is 8.42. The van der Waals surface area contributed by atoms with E-state index >= 15 is 0 Å². The van der Waals surface area contributed by atoms with E-state index in [0.717, 1.165) is 12.2 Å². The van der Waals surface area contributed by atoms with Crippen LogP contribution in [-0.2, 0) is 14.4 Å². The topological polar surface area (TPSA) is 55.7 Å². The predicted octanol–water partition coefficient (Wildman–Crippen LogP) is 2.85. The molecule has 1 aliphatic heterocycles. The van der Waals surface area contributed by atoms with Gasteiger partial charge in [0.1, 0.15) is 24.1 Å². The molecule has 112 valence electrons. The van der Waals surface area contributed by atoms with E-state index in [9.17, 15) is 9.59 Å². The summed E-state index contributed by atoms with van der Waals surface area (Å²) in [6.45, 7) is 6.38. The van der Waals surface area contributed by atoms with Crippen molar-refractivity contribution in [2.45, 2.75) is 51.7 Å². The number of Topliss-reactive ketones (excluding diaryl/α,β-unsaturated/α-hetero) is 2. The molecule has 1 aliphatic carbocycles. The van der Waals surface area contributed by atoms with E-state index in [-0.39, 0.29) is 17.0 Å². The van der Waals surface area contributed by atoms with Gasteiger partial charge in [-0.3, -0.25) is 9.59 Å². The highest BCUT2D eigenvalue weighted by molar-refractivity contribution is 8.00. The molecule has 0 aromatic heterocycles. The molecule has 0 aromatic carbocycles. The minimum Gasteiger partial charge on any atom is -0.396 e. The van der Waals surface area contributed by atoms with E-state index < -0.39 is 5.92 Å². The van der Waals surface area contributed by atoms with Gasteiger partial charge in [-0.1, -0.05) is 19.0 Å². The van der Waals surface area contributed by atoms with Crippen LogP contribution in [0.5, 0.6) is 0 Å². The van der Waals surface area contributed by atoms with E-state index in [4.69, 9.17) is 4.84 Å². The van der Waals surface area contributed by atoms with Gasteiger partial charge in [-0.25, -0.2) is 0 Å². The number of hydrogen-bond acceptors (Lipinski definition) is 5. The Bertz CT molecular complexity index is 415. The first-order valence-electron chi connectivity index (χ1n) is 7.37. The van der Waals surface area contributed by atoms with Crippen molar-refractivity contribution in [3.05, 3.63) is 0 Å². The summed E-state index contributed by atoms with van der Waals surface area (Å²) in [5, 5.41) is 4.54. The highest BCUT2D eigenvalue weighted by Gasteiger charge is 2.49. The number of rotatable bonds is 4. The molecule has 1 heterocycles. The zero-order chi connectivity index (χ0) is 14.8. The molecule has 1 spiro atoms. The van der Waals surface area contributed by atoms with Crippen molar-refractivity contribution in [1.29, 1.82) is 0 Å². The maximum atomic E-state index is 12.5. The van der Waals surface area contributed by atoms with Gasteiger partial charge >= 0.3 is 0 Å². The van der Waals surface area contributed by atoms with Crippen LogP contribution in [0.25, 0.3) is 0 Å². The molecular weight excluding hydrogens is 274 g/mol. The zero-order valence-corrected chi connectivity index (χ0v) is 13.3. The largest absolute Gasteiger partial charge is 0.396 e. The molecule has 2 rings (SSSR count). The van der Waals surface area contributed by atoms with Crippen LogP contribution in [0.4, 0.5) is 0 Å². The number of thioether (sulfide) groups is 1. The molecule has 0 aromatic rings. The van der Waals surface area contributed by atoms with E-state index in [2.05, 4.69) is 12.1 Å². The van der Waals surface area contributed by atoms with Crippen molar-refractivity contribution in [2.24, 2.45) is 16.5 Å². The fourth-order valence-corrected chi connectivity index (χ4v) is 4.75. The van der Waals surface area contributed by atoms with Crippen LogP contribution >= 0.6 is 11.8 Å². The van der Waals surface area contributed by atoms with Crippen molar-refractivity contribution in [2.75, 3.05) is 12.4 Å². The van der Waals surface area contributed by atoms with Gasteiger partial charge in [0.05, 0.1) is 5.71 Å². The number of carbonyl (C=O) groups is 2. The quantitative estimate of drug-likeness (QED) is 0.455. The number of oxime groups is 1. The minimum atomic E-state index is -0.655. The average molecular weight is 297 g/mol. The molecule has 5 heteroatoms. The third-order valence-electron chi connectivity index (χ3n) is 4.14. The van der Waals surface area contributed by atoms with E-state index in [1.165, 1.54) is 0 Å². The van der Waals surface area contributed by atoms with E-state index in [1.807, 2.05) is 25.6 Å². The number of carbonyl (C=O) groups excluding carboxylic acids is 2. The first kappa shape index (κ1) is 15.5. The van der Waals surface area contributed by atoms with Crippen molar-refractivity contribution >= 4 is 29.0 Å². The highest BCUT2D eigenvalue weighted by atomic mass is 32.2. The van der Waals surface area contributed by atoms with E-state index in [1.54, 1.807) is 0 Å². The van der Waals surface area contributed by atoms with Crippen molar-refractivity contribution < 1.29 is 14.4 Å². The molecule has 4 nitrogen and oxygen atoms in total. The monoisotopic (exact) mass is 297 g/mol. The summed E-state index contributed by atoms with van der Waals surface area (Å²) in [6.07, 6.45) is 2.60. The van der Waals surface area contributed by atoms with Crippen molar-refractivity contribution in [3.63, 3.8) is 0 Å². The van der Waals surface area contributed by atoms with Crippen molar-refractivity contribution in [3.8, 4) is 0 Å². The second-order valence-corrected chi connectivity index (χ2v) is 7.33. The lowest BCUT2D eigenvalue weighted by Crippen LogP contribution is -2.44. The van der Waals surface area contributed by atoms with Crippen LogP contribution < -0.4 is 0 Å². The number of nitrogens with zero attached hydrogens (tertiary/aromatic N) is 1. The van der Waals surface area contributed by atoms with Crippen LogP contribution in [0.1, 0.15) is 46.5 Å². The lowest BCUT2D eigenvalue weighted by atomic mass is 9.67. The summed E-state index contributed by atoms with van der Waals surface area (Å²) >= 11 is 1.88. The van der Waals surface area contributed by atoms with Gasteiger partial charge in [0.15, 0.2) is 0 Å². The number of ketones is 2. The summed E-state index contributed by atoms with van der Waals surface area (Å²) in [4.78, 5) is 30.0. The normalized spacial score (nSPS) is 34.9. The SMILES string of the molecule is CCON=C(CC)C1C(=O)CC2(CSC(C)C2)CC1=O. The minimum absolute atomic E-state index is 0.0382. The van der Waals surface area contributed by atoms with Crippen LogP contribution in [0.3, 0.4) is 0 Å².